The van der Waals surface area contributed by atoms with Crippen LogP contribution in [0.2, 0.25) is 0 Å². The maximum atomic E-state index is 3.91. The monoisotopic (exact) mass is 221 g/mol. The molecule has 0 amide bonds. The van der Waals surface area contributed by atoms with Gasteiger partial charge in [-0.15, -0.1) is 11.8 Å². The van der Waals surface area contributed by atoms with Crippen LogP contribution >= 0.6 is 0 Å². The SMILES string of the molecule is [CH2]CCC(C)CCCC(C)CC#CC(C)C. The molecule has 93 valence electrons. The highest BCUT2D eigenvalue weighted by Gasteiger charge is 2.03. The summed E-state index contributed by atoms with van der Waals surface area (Å²) in [6.07, 6.45) is 7.47. The number of rotatable bonds is 7. The third kappa shape index (κ3) is 10.1. The van der Waals surface area contributed by atoms with Crippen LogP contribution in [0.1, 0.15) is 66.2 Å². The molecule has 16 heavy (non-hydrogen) atoms. The Bertz CT molecular complexity index is 204. The quantitative estimate of drug-likeness (QED) is 0.525. The Hall–Kier alpha value is -0.440. The molecule has 0 aliphatic carbocycles. The van der Waals surface area contributed by atoms with Gasteiger partial charge in [-0.3, -0.25) is 0 Å². The zero-order valence-electron chi connectivity index (χ0n) is 11.7. The topological polar surface area (TPSA) is 0 Å². The minimum atomic E-state index is 0.518. The molecule has 0 aliphatic rings. The van der Waals surface area contributed by atoms with Crippen molar-refractivity contribution in [3.63, 3.8) is 0 Å². The van der Waals surface area contributed by atoms with Crippen molar-refractivity contribution in [1.29, 1.82) is 0 Å². The summed E-state index contributed by atoms with van der Waals surface area (Å²) in [5.74, 6) is 8.66. The molecule has 0 spiro atoms. The fourth-order valence-corrected chi connectivity index (χ4v) is 1.85. The second-order valence-electron chi connectivity index (χ2n) is 5.46. The van der Waals surface area contributed by atoms with Gasteiger partial charge in [0.2, 0.25) is 0 Å². The van der Waals surface area contributed by atoms with E-state index in [1.807, 2.05) is 0 Å². The molecule has 0 aromatic rings. The van der Waals surface area contributed by atoms with Crippen LogP contribution in [0.25, 0.3) is 0 Å². The lowest BCUT2D eigenvalue weighted by Crippen LogP contribution is -1.98. The summed E-state index contributed by atoms with van der Waals surface area (Å²) in [6, 6.07) is 0. The predicted octanol–water partition coefficient (Wildman–Crippen LogP) is 5.09. The van der Waals surface area contributed by atoms with E-state index < -0.39 is 0 Å². The molecule has 0 aliphatic heterocycles. The first-order chi connectivity index (χ1) is 7.56. The molecule has 0 fully saturated rings. The Balaban J connectivity index is 3.51. The standard InChI is InChI=1S/C16H29/c1-6-9-15(4)12-8-13-16(5)11-7-10-14(2)3/h14-16H,1,6,8-9,11-13H2,2-5H3. The van der Waals surface area contributed by atoms with Gasteiger partial charge in [0.25, 0.3) is 0 Å². The van der Waals surface area contributed by atoms with E-state index in [4.69, 9.17) is 0 Å². The van der Waals surface area contributed by atoms with Crippen LogP contribution in [0, 0.1) is 36.5 Å². The van der Waals surface area contributed by atoms with Crippen molar-refractivity contribution in [2.45, 2.75) is 66.2 Å². The lowest BCUT2D eigenvalue weighted by molar-refractivity contribution is 0.429. The zero-order chi connectivity index (χ0) is 12.4. The predicted molar refractivity (Wildman–Crippen MR) is 74.0 cm³/mol. The van der Waals surface area contributed by atoms with E-state index >= 15 is 0 Å². The average molecular weight is 221 g/mol. The van der Waals surface area contributed by atoms with Gasteiger partial charge in [-0.2, -0.15) is 0 Å². The van der Waals surface area contributed by atoms with E-state index in [0.717, 1.165) is 24.7 Å². The third-order valence-electron chi connectivity index (χ3n) is 2.93. The molecule has 0 N–H and O–H groups in total. The van der Waals surface area contributed by atoms with Gasteiger partial charge in [0.05, 0.1) is 0 Å². The van der Waals surface area contributed by atoms with E-state index in [2.05, 4.69) is 46.5 Å². The van der Waals surface area contributed by atoms with Crippen LogP contribution in [0.15, 0.2) is 0 Å². The van der Waals surface area contributed by atoms with Gasteiger partial charge in [-0.25, -0.2) is 0 Å². The van der Waals surface area contributed by atoms with E-state index in [9.17, 15) is 0 Å². The highest BCUT2D eigenvalue weighted by Crippen LogP contribution is 2.17. The van der Waals surface area contributed by atoms with Crippen molar-refractivity contribution in [2.75, 3.05) is 0 Å². The fraction of sp³-hybridized carbons (Fsp3) is 0.812. The Labute approximate surface area is 103 Å². The van der Waals surface area contributed by atoms with Crippen LogP contribution in [-0.4, -0.2) is 0 Å². The Morgan fingerprint density at radius 1 is 0.938 bits per heavy atom. The molecule has 0 heteroatoms. The normalized spacial score (nSPS) is 14.4. The van der Waals surface area contributed by atoms with Gasteiger partial charge < -0.3 is 0 Å². The summed E-state index contributed by atoms with van der Waals surface area (Å²) >= 11 is 0. The fourth-order valence-electron chi connectivity index (χ4n) is 1.85. The molecule has 0 aromatic heterocycles. The molecule has 1 radical (unpaired) electrons. The third-order valence-corrected chi connectivity index (χ3v) is 2.93. The van der Waals surface area contributed by atoms with Crippen molar-refractivity contribution in [1.82, 2.24) is 0 Å². The summed E-state index contributed by atoms with van der Waals surface area (Å²) in [5, 5.41) is 0. The molecule has 2 atom stereocenters. The smallest absolute Gasteiger partial charge is 0.0146 e. The summed E-state index contributed by atoms with van der Waals surface area (Å²) in [6.45, 7) is 12.9. The van der Waals surface area contributed by atoms with Crippen LogP contribution in [-0.2, 0) is 0 Å². The van der Waals surface area contributed by atoms with Crippen molar-refractivity contribution in [2.24, 2.45) is 17.8 Å². The average Bonchev–Trinajstić information content (AvgIpc) is 2.17. The van der Waals surface area contributed by atoms with E-state index in [-0.39, 0.29) is 0 Å². The van der Waals surface area contributed by atoms with Crippen molar-refractivity contribution in [3.05, 3.63) is 6.92 Å². The van der Waals surface area contributed by atoms with Gasteiger partial charge in [0.15, 0.2) is 0 Å². The van der Waals surface area contributed by atoms with Crippen LogP contribution in [0.4, 0.5) is 0 Å². The molecule has 0 rings (SSSR count). The summed E-state index contributed by atoms with van der Waals surface area (Å²) < 4.78 is 0. The first kappa shape index (κ1) is 15.6. The molecule has 0 nitrogen and oxygen atoms in total. The highest BCUT2D eigenvalue weighted by atomic mass is 14.1. The summed E-state index contributed by atoms with van der Waals surface area (Å²) in [5.41, 5.74) is 0. The van der Waals surface area contributed by atoms with Gasteiger partial charge in [0.1, 0.15) is 0 Å². The summed E-state index contributed by atoms with van der Waals surface area (Å²) in [7, 11) is 0. The zero-order valence-corrected chi connectivity index (χ0v) is 11.7. The Morgan fingerprint density at radius 2 is 1.56 bits per heavy atom. The minimum Gasteiger partial charge on any atom is -0.103 e. The molecular weight excluding hydrogens is 192 g/mol. The minimum absolute atomic E-state index is 0.518. The van der Waals surface area contributed by atoms with Crippen LogP contribution in [0.3, 0.4) is 0 Å². The van der Waals surface area contributed by atoms with Crippen molar-refractivity contribution in [3.8, 4) is 11.8 Å². The lowest BCUT2D eigenvalue weighted by Gasteiger charge is -2.11. The Kier molecular flexibility index (Phi) is 9.49. The first-order valence-corrected chi connectivity index (χ1v) is 6.83. The lowest BCUT2D eigenvalue weighted by atomic mass is 9.94. The van der Waals surface area contributed by atoms with Crippen molar-refractivity contribution >= 4 is 0 Å². The van der Waals surface area contributed by atoms with E-state index in [1.165, 1.54) is 25.7 Å². The number of hydrogen-bond acceptors (Lipinski definition) is 0. The van der Waals surface area contributed by atoms with Gasteiger partial charge in [0, 0.05) is 12.3 Å². The molecule has 0 heterocycles. The second kappa shape index (κ2) is 9.76. The molecule has 0 aromatic carbocycles. The maximum absolute atomic E-state index is 3.91. The maximum Gasteiger partial charge on any atom is 0.0146 e. The molecular formula is C16H29. The highest BCUT2D eigenvalue weighted by molar-refractivity contribution is 5.01. The molecule has 0 saturated heterocycles. The van der Waals surface area contributed by atoms with Gasteiger partial charge >= 0.3 is 0 Å². The van der Waals surface area contributed by atoms with Crippen LogP contribution in [0.5, 0.6) is 0 Å². The molecule has 0 bridgehead atoms. The Morgan fingerprint density at radius 3 is 2.12 bits per heavy atom. The molecule has 0 saturated carbocycles. The summed E-state index contributed by atoms with van der Waals surface area (Å²) in [4.78, 5) is 0. The first-order valence-electron chi connectivity index (χ1n) is 6.83. The second-order valence-corrected chi connectivity index (χ2v) is 5.46. The van der Waals surface area contributed by atoms with E-state index in [1.54, 1.807) is 0 Å². The largest absolute Gasteiger partial charge is 0.103 e. The number of hydrogen-bond donors (Lipinski definition) is 0. The van der Waals surface area contributed by atoms with E-state index in [0.29, 0.717) is 5.92 Å². The van der Waals surface area contributed by atoms with Crippen LogP contribution < -0.4 is 0 Å². The van der Waals surface area contributed by atoms with Crippen molar-refractivity contribution < 1.29 is 0 Å². The van der Waals surface area contributed by atoms with Gasteiger partial charge in [-0.1, -0.05) is 60.3 Å². The molecule has 2 unspecified atom stereocenters. The van der Waals surface area contributed by atoms with Gasteiger partial charge in [-0.05, 0) is 18.3 Å².